The predicted molar refractivity (Wildman–Crippen MR) is 80.7 cm³/mol. The molecular formula is C17H24N2O. The molecule has 0 radical (unpaired) electrons. The van der Waals surface area contributed by atoms with Gasteiger partial charge in [-0.1, -0.05) is 12.5 Å². The maximum atomic E-state index is 12.4. The van der Waals surface area contributed by atoms with Crippen molar-refractivity contribution in [1.82, 2.24) is 5.32 Å². The number of nitrogens with two attached hydrogens (primary N) is 1. The molecule has 20 heavy (non-hydrogen) atoms. The van der Waals surface area contributed by atoms with E-state index >= 15 is 0 Å². The monoisotopic (exact) mass is 272 g/mol. The molecule has 0 bridgehead atoms. The lowest BCUT2D eigenvalue weighted by atomic mass is 9.90. The van der Waals surface area contributed by atoms with Crippen molar-refractivity contribution in [1.29, 1.82) is 0 Å². The van der Waals surface area contributed by atoms with Gasteiger partial charge in [0.05, 0.1) is 0 Å². The summed E-state index contributed by atoms with van der Waals surface area (Å²) in [5.74, 6) is 0.528. The van der Waals surface area contributed by atoms with Crippen LogP contribution in [0.2, 0.25) is 0 Å². The van der Waals surface area contributed by atoms with Gasteiger partial charge in [-0.3, -0.25) is 4.79 Å². The third-order valence-electron chi connectivity index (χ3n) is 4.89. The molecule has 0 aliphatic heterocycles. The Hall–Kier alpha value is -1.35. The number of amides is 1. The van der Waals surface area contributed by atoms with Gasteiger partial charge in [-0.15, -0.1) is 0 Å². The number of fused-ring (bicyclic) bond motifs is 1. The number of rotatable bonds is 3. The van der Waals surface area contributed by atoms with Gasteiger partial charge in [-0.25, -0.2) is 0 Å². The van der Waals surface area contributed by atoms with E-state index < -0.39 is 0 Å². The fourth-order valence-electron chi connectivity index (χ4n) is 3.64. The molecule has 1 saturated carbocycles. The van der Waals surface area contributed by atoms with Gasteiger partial charge >= 0.3 is 0 Å². The summed E-state index contributed by atoms with van der Waals surface area (Å²) in [5, 5.41) is 3.18. The van der Waals surface area contributed by atoms with Gasteiger partial charge < -0.3 is 11.1 Å². The Balaban J connectivity index is 1.71. The highest BCUT2D eigenvalue weighted by atomic mass is 16.1. The van der Waals surface area contributed by atoms with Crippen LogP contribution in [-0.4, -0.2) is 18.5 Å². The highest BCUT2D eigenvalue weighted by molar-refractivity contribution is 5.94. The maximum absolute atomic E-state index is 12.4. The molecule has 1 aromatic rings. The normalized spacial score (nSPS) is 25.2. The SMILES string of the molecule is NCC1CCCC1NC(=O)c1ccc2c(c1)CCCC2. The van der Waals surface area contributed by atoms with E-state index in [1.165, 1.54) is 30.4 Å². The lowest BCUT2D eigenvalue weighted by Gasteiger charge is -2.21. The summed E-state index contributed by atoms with van der Waals surface area (Å²) in [6.45, 7) is 0.676. The Morgan fingerprint density at radius 2 is 1.95 bits per heavy atom. The van der Waals surface area contributed by atoms with Crippen molar-refractivity contribution >= 4 is 5.91 Å². The number of benzene rings is 1. The van der Waals surface area contributed by atoms with E-state index in [1.807, 2.05) is 6.07 Å². The standard InChI is InChI=1S/C17H24N2O/c18-11-15-6-3-7-16(15)19-17(20)14-9-8-12-4-1-2-5-13(12)10-14/h8-10,15-16H,1-7,11,18H2,(H,19,20). The van der Waals surface area contributed by atoms with E-state index in [2.05, 4.69) is 17.4 Å². The summed E-state index contributed by atoms with van der Waals surface area (Å²) in [7, 11) is 0. The van der Waals surface area contributed by atoms with Crippen molar-refractivity contribution in [2.75, 3.05) is 6.54 Å². The van der Waals surface area contributed by atoms with Crippen molar-refractivity contribution < 1.29 is 4.79 Å². The van der Waals surface area contributed by atoms with Crippen molar-refractivity contribution in [3.63, 3.8) is 0 Å². The molecule has 2 unspecified atom stereocenters. The third kappa shape index (κ3) is 2.73. The molecule has 1 amide bonds. The van der Waals surface area contributed by atoms with Crippen molar-refractivity contribution in [3.8, 4) is 0 Å². The summed E-state index contributed by atoms with van der Waals surface area (Å²) >= 11 is 0. The minimum Gasteiger partial charge on any atom is -0.349 e. The van der Waals surface area contributed by atoms with Gasteiger partial charge in [0.15, 0.2) is 0 Å². The zero-order chi connectivity index (χ0) is 13.9. The van der Waals surface area contributed by atoms with Crippen LogP contribution in [-0.2, 0) is 12.8 Å². The second kappa shape index (κ2) is 5.96. The van der Waals surface area contributed by atoms with Crippen LogP contribution in [0.1, 0.15) is 53.6 Å². The summed E-state index contributed by atoms with van der Waals surface area (Å²) in [4.78, 5) is 12.4. The summed E-state index contributed by atoms with van der Waals surface area (Å²) in [6, 6.07) is 6.48. The van der Waals surface area contributed by atoms with Crippen molar-refractivity contribution in [2.45, 2.75) is 51.0 Å². The lowest BCUT2D eigenvalue weighted by molar-refractivity contribution is 0.0928. The summed E-state index contributed by atoms with van der Waals surface area (Å²) in [6.07, 6.45) is 8.19. The molecule has 1 fully saturated rings. The smallest absolute Gasteiger partial charge is 0.251 e. The molecule has 0 heterocycles. The first kappa shape index (κ1) is 13.6. The number of hydrogen-bond donors (Lipinski definition) is 2. The van der Waals surface area contributed by atoms with Crippen LogP contribution in [0.15, 0.2) is 18.2 Å². The molecule has 2 aliphatic carbocycles. The van der Waals surface area contributed by atoms with Gasteiger partial charge in [-0.05, 0) is 74.2 Å². The molecule has 0 aromatic heterocycles. The number of aryl methyl sites for hydroxylation is 2. The second-order valence-electron chi connectivity index (χ2n) is 6.20. The number of nitrogens with one attached hydrogen (secondary N) is 1. The van der Waals surface area contributed by atoms with E-state index in [9.17, 15) is 4.79 Å². The molecular weight excluding hydrogens is 248 g/mol. The highest BCUT2D eigenvalue weighted by Crippen LogP contribution is 2.26. The number of carbonyl (C=O) groups excluding carboxylic acids is 1. The molecule has 2 aliphatic rings. The van der Waals surface area contributed by atoms with Crippen molar-refractivity contribution in [2.24, 2.45) is 11.7 Å². The molecule has 1 aromatic carbocycles. The first-order chi connectivity index (χ1) is 9.78. The third-order valence-corrected chi connectivity index (χ3v) is 4.89. The molecule has 3 nitrogen and oxygen atoms in total. The highest BCUT2D eigenvalue weighted by Gasteiger charge is 2.27. The molecule has 108 valence electrons. The molecule has 2 atom stereocenters. The molecule has 3 N–H and O–H groups in total. The second-order valence-corrected chi connectivity index (χ2v) is 6.20. The van der Waals surface area contributed by atoms with E-state index in [0.717, 1.165) is 31.2 Å². The topological polar surface area (TPSA) is 55.1 Å². The zero-order valence-corrected chi connectivity index (χ0v) is 12.0. The Kier molecular flexibility index (Phi) is 4.06. The summed E-state index contributed by atoms with van der Waals surface area (Å²) in [5.41, 5.74) is 9.38. The lowest BCUT2D eigenvalue weighted by Crippen LogP contribution is -2.39. The van der Waals surface area contributed by atoms with E-state index in [-0.39, 0.29) is 11.9 Å². The molecule has 0 spiro atoms. The van der Waals surface area contributed by atoms with Gasteiger partial charge in [-0.2, -0.15) is 0 Å². The largest absolute Gasteiger partial charge is 0.349 e. The van der Waals surface area contributed by atoms with Crippen LogP contribution in [0.3, 0.4) is 0 Å². The quantitative estimate of drug-likeness (QED) is 0.888. The minimum absolute atomic E-state index is 0.0729. The Morgan fingerprint density at radius 3 is 2.75 bits per heavy atom. The average Bonchev–Trinajstić information content (AvgIpc) is 2.94. The first-order valence-corrected chi connectivity index (χ1v) is 7.90. The summed E-state index contributed by atoms with van der Waals surface area (Å²) < 4.78 is 0. The predicted octanol–water partition coefficient (Wildman–Crippen LogP) is 2.42. The number of hydrogen-bond acceptors (Lipinski definition) is 2. The number of carbonyl (C=O) groups is 1. The molecule has 3 heteroatoms. The molecule has 3 rings (SSSR count). The van der Waals surface area contributed by atoms with E-state index in [0.29, 0.717) is 12.5 Å². The van der Waals surface area contributed by atoms with Gasteiger partial charge in [0.25, 0.3) is 5.91 Å². The van der Waals surface area contributed by atoms with E-state index in [1.54, 1.807) is 0 Å². The van der Waals surface area contributed by atoms with Crippen LogP contribution >= 0.6 is 0 Å². The van der Waals surface area contributed by atoms with Crippen LogP contribution in [0.25, 0.3) is 0 Å². The van der Waals surface area contributed by atoms with Crippen LogP contribution in [0.4, 0.5) is 0 Å². The van der Waals surface area contributed by atoms with Crippen LogP contribution in [0.5, 0.6) is 0 Å². The average molecular weight is 272 g/mol. The minimum atomic E-state index is 0.0729. The van der Waals surface area contributed by atoms with Gasteiger partial charge in [0, 0.05) is 11.6 Å². The Labute approximate surface area is 120 Å². The fourth-order valence-corrected chi connectivity index (χ4v) is 3.64. The first-order valence-electron chi connectivity index (χ1n) is 7.90. The van der Waals surface area contributed by atoms with Crippen LogP contribution < -0.4 is 11.1 Å². The maximum Gasteiger partial charge on any atom is 0.251 e. The van der Waals surface area contributed by atoms with Gasteiger partial charge in [0.1, 0.15) is 0 Å². The van der Waals surface area contributed by atoms with Crippen LogP contribution in [0, 0.1) is 5.92 Å². The Bertz CT molecular complexity index is 498. The van der Waals surface area contributed by atoms with Crippen molar-refractivity contribution in [3.05, 3.63) is 34.9 Å². The fraction of sp³-hybridized carbons (Fsp3) is 0.588. The molecule has 0 saturated heterocycles. The van der Waals surface area contributed by atoms with Gasteiger partial charge in [0.2, 0.25) is 0 Å². The Morgan fingerprint density at radius 1 is 1.15 bits per heavy atom. The zero-order valence-electron chi connectivity index (χ0n) is 12.0. The van der Waals surface area contributed by atoms with E-state index in [4.69, 9.17) is 5.73 Å².